The van der Waals surface area contributed by atoms with Gasteiger partial charge in [0, 0.05) is 11.4 Å². The molecule has 0 fully saturated rings. The van der Waals surface area contributed by atoms with E-state index in [9.17, 15) is 14.4 Å². The number of para-hydroxylation sites is 2. The van der Waals surface area contributed by atoms with E-state index in [1.54, 1.807) is 19.1 Å². The van der Waals surface area contributed by atoms with Crippen molar-refractivity contribution in [3.05, 3.63) is 58.7 Å². The van der Waals surface area contributed by atoms with Crippen molar-refractivity contribution in [2.45, 2.75) is 20.8 Å². The van der Waals surface area contributed by atoms with Crippen LogP contribution < -0.4 is 16.4 Å². The lowest BCUT2D eigenvalue weighted by Gasteiger charge is -2.12. The van der Waals surface area contributed by atoms with Crippen LogP contribution in [0.1, 0.15) is 27.0 Å². The first kappa shape index (κ1) is 20.0. The maximum atomic E-state index is 12.0. The number of benzene rings is 2. The van der Waals surface area contributed by atoms with Crippen LogP contribution in [0, 0.1) is 20.8 Å². The molecule has 0 aliphatic heterocycles. The number of carbonyl (C=O) groups is 3. The number of rotatable bonds is 6. The molecular formula is C20H23N3O4. The average Bonchev–Trinajstić information content (AvgIpc) is 2.63. The zero-order chi connectivity index (χ0) is 20.0. The van der Waals surface area contributed by atoms with Crippen LogP contribution in [-0.2, 0) is 14.3 Å². The predicted octanol–water partition coefficient (Wildman–Crippen LogP) is 2.11. The summed E-state index contributed by atoms with van der Waals surface area (Å²) in [4.78, 5) is 35.8. The fourth-order valence-electron chi connectivity index (χ4n) is 2.49. The Kier molecular flexibility index (Phi) is 6.54. The molecule has 2 aromatic rings. The lowest BCUT2D eigenvalue weighted by atomic mass is 10.1. The molecule has 0 aromatic heterocycles. The second-order valence-corrected chi connectivity index (χ2v) is 6.20. The Labute approximate surface area is 157 Å². The predicted molar refractivity (Wildman–Crippen MR) is 103 cm³/mol. The molecule has 2 amide bonds. The van der Waals surface area contributed by atoms with Crippen molar-refractivity contribution in [2.24, 2.45) is 0 Å². The fourth-order valence-corrected chi connectivity index (χ4v) is 2.49. The third kappa shape index (κ3) is 5.31. The largest absolute Gasteiger partial charge is 0.452 e. The Morgan fingerprint density at radius 3 is 2.19 bits per heavy atom. The van der Waals surface area contributed by atoms with Gasteiger partial charge in [-0.3, -0.25) is 9.59 Å². The molecule has 0 spiro atoms. The summed E-state index contributed by atoms with van der Waals surface area (Å²) in [6.07, 6.45) is 0. The number of amides is 2. The van der Waals surface area contributed by atoms with Crippen LogP contribution in [0.15, 0.2) is 36.4 Å². The van der Waals surface area contributed by atoms with Crippen molar-refractivity contribution in [3.63, 3.8) is 0 Å². The van der Waals surface area contributed by atoms with Gasteiger partial charge in [0.15, 0.2) is 6.61 Å². The van der Waals surface area contributed by atoms with Crippen LogP contribution in [0.3, 0.4) is 0 Å². The molecule has 0 unspecified atom stereocenters. The third-order valence-corrected chi connectivity index (χ3v) is 4.07. The van der Waals surface area contributed by atoms with E-state index >= 15 is 0 Å². The van der Waals surface area contributed by atoms with E-state index in [-0.39, 0.29) is 18.0 Å². The number of nitrogen functional groups attached to an aromatic ring is 1. The Balaban J connectivity index is 1.81. The highest BCUT2D eigenvalue weighted by molar-refractivity contribution is 5.98. The van der Waals surface area contributed by atoms with Crippen LogP contribution in [0.4, 0.5) is 11.4 Å². The average molecular weight is 369 g/mol. The van der Waals surface area contributed by atoms with Gasteiger partial charge in [-0.25, -0.2) is 4.79 Å². The van der Waals surface area contributed by atoms with Crippen LogP contribution >= 0.6 is 0 Å². The summed E-state index contributed by atoms with van der Waals surface area (Å²) >= 11 is 0. The van der Waals surface area contributed by atoms with Crippen LogP contribution in [0.25, 0.3) is 0 Å². The number of hydrogen-bond acceptors (Lipinski definition) is 5. The first-order valence-electron chi connectivity index (χ1n) is 8.44. The number of aryl methyl sites for hydroxylation is 3. The minimum atomic E-state index is -0.689. The van der Waals surface area contributed by atoms with E-state index in [2.05, 4.69) is 10.6 Å². The Bertz CT molecular complexity index is 857. The number of carbonyl (C=O) groups excluding carboxylic acids is 3. The quantitative estimate of drug-likeness (QED) is 0.533. The van der Waals surface area contributed by atoms with Gasteiger partial charge in [0.25, 0.3) is 5.91 Å². The van der Waals surface area contributed by atoms with Crippen molar-refractivity contribution in [3.8, 4) is 0 Å². The van der Waals surface area contributed by atoms with E-state index < -0.39 is 18.5 Å². The smallest absolute Gasteiger partial charge is 0.340 e. The Morgan fingerprint density at radius 2 is 1.52 bits per heavy atom. The summed E-state index contributed by atoms with van der Waals surface area (Å²) in [7, 11) is 0. The van der Waals surface area contributed by atoms with Gasteiger partial charge in [-0.2, -0.15) is 0 Å². The highest BCUT2D eigenvalue weighted by atomic mass is 16.5. The molecule has 4 N–H and O–H groups in total. The zero-order valence-corrected chi connectivity index (χ0v) is 15.6. The molecule has 27 heavy (non-hydrogen) atoms. The SMILES string of the molecule is Cc1cccc(C(=O)OCC(=O)NCC(=O)Nc2c(C)cccc2C)c1N. The summed E-state index contributed by atoms with van der Waals surface area (Å²) in [6, 6.07) is 10.7. The number of esters is 1. The molecule has 7 nitrogen and oxygen atoms in total. The number of nitrogens with one attached hydrogen (secondary N) is 2. The minimum Gasteiger partial charge on any atom is -0.452 e. The lowest BCUT2D eigenvalue weighted by molar-refractivity contribution is -0.126. The monoisotopic (exact) mass is 369 g/mol. The van der Waals surface area contributed by atoms with Crippen molar-refractivity contribution < 1.29 is 19.1 Å². The van der Waals surface area contributed by atoms with Gasteiger partial charge >= 0.3 is 5.97 Å². The van der Waals surface area contributed by atoms with E-state index in [0.717, 1.165) is 22.4 Å². The summed E-state index contributed by atoms with van der Waals surface area (Å²) in [5.74, 6) is -1.63. The third-order valence-electron chi connectivity index (χ3n) is 4.07. The first-order valence-corrected chi connectivity index (χ1v) is 8.44. The van der Waals surface area contributed by atoms with Crippen molar-refractivity contribution in [1.29, 1.82) is 0 Å². The molecule has 0 saturated carbocycles. The number of anilines is 2. The van der Waals surface area contributed by atoms with Gasteiger partial charge < -0.3 is 21.1 Å². The number of hydrogen-bond donors (Lipinski definition) is 3. The van der Waals surface area contributed by atoms with Crippen molar-refractivity contribution >= 4 is 29.2 Å². The first-order chi connectivity index (χ1) is 12.8. The van der Waals surface area contributed by atoms with Gasteiger partial charge in [-0.1, -0.05) is 30.3 Å². The second-order valence-electron chi connectivity index (χ2n) is 6.20. The Hall–Kier alpha value is -3.35. The van der Waals surface area contributed by atoms with Crippen LogP contribution in [-0.4, -0.2) is 30.9 Å². The molecule has 7 heteroatoms. The van der Waals surface area contributed by atoms with Gasteiger partial charge in [0.05, 0.1) is 12.1 Å². The number of nitrogens with two attached hydrogens (primary N) is 1. The summed E-state index contributed by atoms with van der Waals surface area (Å²) < 4.78 is 4.95. The molecular weight excluding hydrogens is 346 g/mol. The molecule has 0 bridgehead atoms. The second kappa shape index (κ2) is 8.84. The van der Waals surface area contributed by atoms with Crippen LogP contribution in [0.2, 0.25) is 0 Å². The molecule has 0 aliphatic rings. The highest BCUT2D eigenvalue weighted by Gasteiger charge is 2.15. The minimum absolute atomic E-state index is 0.204. The fraction of sp³-hybridized carbons (Fsp3) is 0.250. The van der Waals surface area contributed by atoms with E-state index in [4.69, 9.17) is 10.5 Å². The van der Waals surface area contributed by atoms with E-state index in [1.807, 2.05) is 32.0 Å². The van der Waals surface area contributed by atoms with Gasteiger partial charge in [-0.15, -0.1) is 0 Å². The van der Waals surface area contributed by atoms with Gasteiger partial charge in [-0.05, 0) is 43.5 Å². The topological polar surface area (TPSA) is 111 Å². The van der Waals surface area contributed by atoms with E-state index in [1.165, 1.54) is 6.07 Å². The molecule has 0 atom stereocenters. The van der Waals surface area contributed by atoms with Crippen LogP contribution in [0.5, 0.6) is 0 Å². The molecule has 0 saturated heterocycles. The lowest BCUT2D eigenvalue weighted by Crippen LogP contribution is -2.35. The maximum Gasteiger partial charge on any atom is 0.340 e. The molecule has 0 aliphatic carbocycles. The molecule has 2 aromatic carbocycles. The van der Waals surface area contributed by atoms with E-state index in [0.29, 0.717) is 5.69 Å². The van der Waals surface area contributed by atoms with Gasteiger partial charge in [0.1, 0.15) is 0 Å². The normalized spacial score (nSPS) is 10.2. The highest BCUT2D eigenvalue weighted by Crippen LogP contribution is 2.19. The standard InChI is InChI=1S/C20H23N3O4/c1-12-6-5-9-15(18(12)21)20(26)27-11-17(25)22-10-16(24)23-19-13(2)7-4-8-14(19)3/h4-9H,10-11,21H2,1-3H3,(H,22,25)(H,23,24). The molecule has 2 rings (SSSR count). The Morgan fingerprint density at radius 1 is 0.926 bits per heavy atom. The molecule has 0 radical (unpaired) electrons. The van der Waals surface area contributed by atoms with Crippen molar-refractivity contribution in [1.82, 2.24) is 5.32 Å². The maximum absolute atomic E-state index is 12.0. The van der Waals surface area contributed by atoms with Crippen molar-refractivity contribution in [2.75, 3.05) is 24.2 Å². The molecule has 0 heterocycles. The zero-order valence-electron chi connectivity index (χ0n) is 15.6. The summed E-state index contributed by atoms with van der Waals surface area (Å²) in [5.41, 5.74) is 9.68. The number of ether oxygens (including phenoxy) is 1. The molecule has 142 valence electrons. The van der Waals surface area contributed by atoms with Gasteiger partial charge in [0.2, 0.25) is 5.91 Å². The summed E-state index contributed by atoms with van der Waals surface area (Å²) in [6.45, 7) is 4.82. The summed E-state index contributed by atoms with van der Waals surface area (Å²) in [5, 5.41) is 5.18.